The molecule has 4 rings (SSSR count). The molecule has 0 saturated carbocycles. The number of nitrogens with one attached hydrogen (secondary N) is 1. The van der Waals surface area contributed by atoms with Gasteiger partial charge in [-0.2, -0.15) is 4.98 Å². The Morgan fingerprint density at radius 2 is 2.00 bits per heavy atom. The fraction of sp³-hybridized carbons (Fsp3) is 0.190. The molecule has 4 aromatic rings. The Morgan fingerprint density at radius 3 is 2.77 bits per heavy atom. The number of aryl methyl sites for hydroxylation is 1. The summed E-state index contributed by atoms with van der Waals surface area (Å²) in [6.07, 6.45) is 1.79. The van der Waals surface area contributed by atoms with Gasteiger partial charge in [-0.1, -0.05) is 11.2 Å². The average molecular weight is 405 g/mol. The van der Waals surface area contributed by atoms with Crippen LogP contribution in [0.4, 0.5) is 5.69 Å². The van der Waals surface area contributed by atoms with E-state index >= 15 is 0 Å². The second kappa shape index (κ2) is 8.99. The number of ether oxygens (including phenoxy) is 1. The Balaban J connectivity index is 1.33. The van der Waals surface area contributed by atoms with Gasteiger partial charge >= 0.3 is 0 Å². The number of hydrogen-bond donors (Lipinski definition) is 1. The molecular formula is C21H19N5O4. The lowest BCUT2D eigenvalue weighted by Gasteiger charge is -2.05. The van der Waals surface area contributed by atoms with Crippen LogP contribution in [0.3, 0.4) is 0 Å². The van der Waals surface area contributed by atoms with Crippen LogP contribution < -0.4 is 10.1 Å². The second-order valence-electron chi connectivity index (χ2n) is 6.34. The van der Waals surface area contributed by atoms with Crippen LogP contribution in [0.2, 0.25) is 0 Å². The van der Waals surface area contributed by atoms with Gasteiger partial charge in [0.05, 0.1) is 6.61 Å². The minimum atomic E-state index is -0.168. The summed E-state index contributed by atoms with van der Waals surface area (Å²) < 4.78 is 15.9. The molecular weight excluding hydrogens is 386 g/mol. The van der Waals surface area contributed by atoms with Gasteiger partial charge in [-0.15, -0.1) is 10.2 Å². The van der Waals surface area contributed by atoms with E-state index in [1.54, 1.807) is 18.2 Å². The molecule has 0 aliphatic rings. The zero-order valence-corrected chi connectivity index (χ0v) is 16.2. The number of amides is 1. The first-order chi connectivity index (χ1) is 14.7. The Labute approximate surface area is 172 Å². The first-order valence-corrected chi connectivity index (χ1v) is 9.43. The molecule has 0 bridgehead atoms. The second-order valence-corrected chi connectivity index (χ2v) is 6.34. The Kier molecular flexibility index (Phi) is 5.79. The zero-order valence-electron chi connectivity index (χ0n) is 16.2. The van der Waals surface area contributed by atoms with Crippen molar-refractivity contribution in [3.63, 3.8) is 0 Å². The minimum Gasteiger partial charge on any atom is -0.494 e. The molecule has 0 spiro atoms. The molecule has 1 N–H and O–H groups in total. The molecule has 9 nitrogen and oxygen atoms in total. The van der Waals surface area contributed by atoms with Crippen molar-refractivity contribution in [3.05, 3.63) is 60.8 Å². The molecule has 0 aliphatic heterocycles. The van der Waals surface area contributed by atoms with Crippen LogP contribution in [0.25, 0.3) is 22.8 Å². The summed E-state index contributed by atoms with van der Waals surface area (Å²) in [5.41, 5.74) is 2.18. The fourth-order valence-electron chi connectivity index (χ4n) is 2.81. The SMILES string of the molecule is CCOc1ccc(-c2noc(CCC(=O)Nc3cccc(-c4nnco4)c3)n2)cc1. The van der Waals surface area contributed by atoms with Crippen molar-refractivity contribution in [2.24, 2.45) is 0 Å². The fourth-order valence-corrected chi connectivity index (χ4v) is 2.81. The standard InChI is InChI=1S/C21H19N5O4/c1-2-28-17-8-6-14(7-9-17)20-24-19(30-26-20)11-10-18(27)23-16-5-3-4-15(12-16)21-25-22-13-29-21/h3-9,12-13H,2,10-11H2,1H3,(H,23,27). The van der Waals surface area contributed by atoms with E-state index in [1.165, 1.54) is 6.39 Å². The summed E-state index contributed by atoms with van der Waals surface area (Å²) in [6.45, 7) is 2.54. The lowest BCUT2D eigenvalue weighted by atomic mass is 10.2. The Morgan fingerprint density at radius 1 is 1.13 bits per heavy atom. The largest absolute Gasteiger partial charge is 0.494 e. The highest BCUT2D eigenvalue weighted by Gasteiger charge is 2.12. The molecule has 2 aromatic heterocycles. The summed E-state index contributed by atoms with van der Waals surface area (Å²) >= 11 is 0. The third-order valence-electron chi connectivity index (χ3n) is 4.21. The maximum Gasteiger partial charge on any atom is 0.247 e. The van der Waals surface area contributed by atoms with Gasteiger partial charge in [0, 0.05) is 29.7 Å². The first-order valence-electron chi connectivity index (χ1n) is 9.43. The number of rotatable bonds is 8. The number of carbonyl (C=O) groups excluding carboxylic acids is 1. The van der Waals surface area contributed by atoms with Crippen molar-refractivity contribution >= 4 is 11.6 Å². The number of aromatic nitrogens is 4. The molecule has 0 radical (unpaired) electrons. The monoisotopic (exact) mass is 405 g/mol. The number of benzene rings is 2. The van der Waals surface area contributed by atoms with Crippen LogP contribution in [-0.2, 0) is 11.2 Å². The third kappa shape index (κ3) is 4.69. The normalized spacial score (nSPS) is 10.7. The van der Waals surface area contributed by atoms with Gasteiger partial charge in [0.1, 0.15) is 5.75 Å². The van der Waals surface area contributed by atoms with Crippen molar-refractivity contribution in [1.29, 1.82) is 0 Å². The maximum absolute atomic E-state index is 12.3. The van der Waals surface area contributed by atoms with Crippen LogP contribution in [-0.4, -0.2) is 32.9 Å². The van der Waals surface area contributed by atoms with Gasteiger partial charge in [-0.3, -0.25) is 4.79 Å². The highest BCUT2D eigenvalue weighted by molar-refractivity contribution is 5.91. The van der Waals surface area contributed by atoms with Crippen molar-refractivity contribution in [2.45, 2.75) is 19.8 Å². The molecule has 0 unspecified atom stereocenters. The van der Waals surface area contributed by atoms with E-state index < -0.39 is 0 Å². The summed E-state index contributed by atoms with van der Waals surface area (Å²) in [4.78, 5) is 16.6. The molecule has 2 heterocycles. The van der Waals surface area contributed by atoms with E-state index in [4.69, 9.17) is 13.7 Å². The molecule has 0 fully saturated rings. The van der Waals surface area contributed by atoms with Crippen molar-refractivity contribution in [2.75, 3.05) is 11.9 Å². The molecule has 2 aromatic carbocycles. The quantitative estimate of drug-likeness (QED) is 0.471. The van der Waals surface area contributed by atoms with Gasteiger partial charge in [0.2, 0.25) is 29.9 Å². The molecule has 0 saturated heterocycles. The zero-order chi connectivity index (χ0) is 20.8. The van der Waals surface area contributed by atoms with Crippen LogP contribution in [0.15, 0.2) is 63.9 Å². The van der Waals surface area contributed by atoms with Crippen LogP contribution in [0.5, 0.6) is 5.75 Å². The minimum absolute atomic E-state index is 0.168. The van der Waals surface area contributed by atoms with Gasteiger partial charge in [0.15, 0.2) is 0 Å². The van der Waals surface area contributed by atoms with E-state index in [1.807, 2.05) is 37.3 Å². The van der Waals surface area contributed by atoms with Gasteiger partial charge in [-0.25, -0.2) is 0 Å². The number of hydrogen-bond acceptors (Lipinski definition) is 8. The van der Waals surface area contributed by atoms with Crippen molar-refractivity contribution in [3.8, 4) is 28.6 Å². The summed E-state index contributed by atoms with van der Waals surface area (Å²) in [6, 6.07) is 14.6. The highest BCUT2D eigenvalue weighted by Crippen LogP contribution is 2.22. The number of carbonyl (C=O) groups is 1. The molecule has 9 heteroatoms. The molecule has 30 heavy (non-hydrogen) atoms. The van der Waals surface area contributed by atoms with Crippen LogP contribution in [0, 0.1) is 0 Å². The summed E-state index contributed by atoms with van der Waals surface area (Å²) in [5.74, 6) is 1.87. The summed E-state index contributed by atoms with van der Waals surface area (Å²) in [7, 11) is 0. The van der Waals surface area contributed by atoms with E-state index in [0.29, 0.717) is 36.3 Å². The number of anilines is 1. The van der Waals surface area contributed by atoms with E-state index in [9.17, 15) is 4.79 Å². The molecule has 1 amide bonds. The third-order valence-corrected chi connectivity index (χ3v) is 4.21. The van der Waals surface area contributed by atoms with E-state index in [-0.39, 0.29) is 12.3 Å². The highest BCUT2D eigenvalue weighted by atomic mass is 16.5. The van der Waals surface area contributed by atoms with Gasteiger partial charge in [-0.05, 0) is 49.4 Å². The Hall–Kier alpha value is -4.01. The van der Waals surface area contributed by atoms with E-state index in [2.05, 4.69) is 25.7 Å². The van der Waals surface area contributed by atoms with Crippen molar-refractivity contribution < 1.29 is 18.5 Å². The van der Waals surface area contributed by atoms with E-state index in [0.717, 1.165) is 16.9 Å². The predicted molar refractivity (Wildman–Crippen MR) is 108 cm³/mol. The van der Waals surface area contributed by atoms with Gasteiger partial charge < -0.3 is 19.0 Å². The first kappa shape index (κ1) is 19.3. The Bertz CT molecular complexity index is 1110. The van der Waals surface area contributed by atoms with Gasteiger partial charge in [0.25, 0.3) is 0 Å². The topological polar surface area (TPSA) is 116 Å². The lowest BCUT2D eigenvalue weighted by molar-refractivity contribution is -0.116. The lowest BCUT2D eigenvalue weighted by Crippen LogP contribution is -2.12. The van der Waals surface area contributed by atoms with Crippen molar-refractivity contribution in [1.82, 2.24) is 20.3 Å². The van der Waals surface area contributed by atoms with Crippen LogP contribution in [0.1, 0.15) is 19.2 Å². The molecule has 0 aliphatic carbocycles. The molecule has 152 valence electrons. The maximum atomic E-state index is 12.3. The average Bonchev–Trinajstić information content (AvgIpc) is 3.46. The van der Waals surface area contributed by atoms with Crippen LogP contribution >= 0.6 is 0 Å². The number of nitrogens with zero attached hydrogens (tertiary/aromatic N) is 4. The summed E-state index contributed by atoms with van der Waals surface area (Å²) in [5, 5.41) is 14.3. The predicted octanol–water partition coefficient (Wildman–Crippen LogP) is 3.76. The smallest absolute Gasteiger partial charge is 0.247 e. The molecule has 0 atom stereocenters.